The van der Waals surface area contributed by atoms with E-state index in [0.717, 1.165) is 22.7 Å². The number of nitrogens with zero attached hydrogens (tertiary/aromatic N) is 1. The van der Waals surface area contributed by atoms with Gasteiger partial charge in [-0.3, -0.25) is 14.5 Å². The number of nitrogens with one attached hydrogen (secondary N) is 1. The standard InChI is InChI=1S/C30H22Cl2N2O3.CH4/c31-21-11-7-18(8-12-21)29-28-24(16-20(17-26(28)35)27-6-3-15-37-27)33-23-4-1-2-5-25(23)34(29)30(36)19-9-13-22(32)14-10-19;/h1-15,20,29,33H,16-17H2;1H4. The average molecular weight is 545 g/mol. The first-order valence-electron chi connectivity index (χ1n) is 12.0. The molecule has 6 rings (SSSR count). The first-order chi connectivity index (χ1) is 18.0. The molecule has 2 heterocycles. The second kappa shape index (κ2) is 10.5. The van der Waals surface area contributed by atoms with Gasteiger partial charge in [-0.15, -0.1) is 0 Å². The van der Waals surface area contributed by atoms with Crippen LogP contribution in [0, 0.1) is 0 Å². The van der Waals surface area contributed by atoms with Crippen LogP contribution in [0.15, 0.2) is 107 Å². The molecule has 2 aliphatic rings. The van der Waals surface area contributed by atoms with E-state index >= 15 is 0 Å². The molecule has 0 fully saturated rings. The Morgan fingerprint density at radius 2 is 1.55 bits per heavy atom. The lowest BCUT2D eigenvalue weighted by Gasteiger charge is -2.35. The quantitative estimate of drug-likeness (QED) is 0.281. The molecule has 5 nitrogen and oxygen atoms in total. The van der Waals surface area contributed by atoms with Crippen molar-refractivity contribution in [3.63, 3.8) is 0 Å². The van der Waals surface area contributed by atoms with Crippen molar-refractivity contribution in [2.75, 3.05) is 10.2 Å². The lowest BCUT2D eigenvalue weighted by atomic mass is 9.80. The van der Waals surface area contributed by atoms with E-state index < -0.39 is 6.04 Å². The predicted octanol–water partition coefficient (Wildman–Crippen LogP) is 8.44. The number of allylic oxidation sites excluding steroid dienone is 1. The molecule has 0 radical (unpaired) electrons. The second-order valence-corrected chi connectivity index (χ2v) is 10.1. The normalized spacial score (nSPS) is 18.6. The Labute approximate surface area is 231 Å². The van der Waals surface area contributed by atoms with Crippen molar-refractivity contribution in [1.29, 1.82) is 0 Å². The summed E-state index contributed by atoms with van der Waals surface area (Å²) in [5, 5.41) is 4.64. The van der Waals surface area contributed by atoms with Gasteiger partial charge >= 0.3 is 0 Å². The molecule has 7 heteroatoms. The van der Waals surface area contributed by atoms with Gasteiger partial charge in [-0.1, -0.05) is 54.9 Å². The van der Waals surface area contributed by atoms with Crippen LogP contribution in [0.4, 0.5) is 11.4 Å². The summed E-state index contributed by atoms with van der Waals surface area (Å²) in [7, 11) is 0. The summed E-state index contributed by atoms with van der Waals surface area (Å²) < 4.78 is 5.66. The molecule has 0 bridgehead atoms. The zero-order valence-electron chi connectivity index (χ0n) is 19.7. The number of ketones is 1. The van der Waals surface area contributed by atoms with Crippen molar-refractivity contribution in [2.24, 2.45) is 0 Å². The lowest BCUT2D eigenvalue weighted by molar-refractivity contribution is -0.116. The fourth-order valence-corrected chi connectivity index (χ4v) is 5.48. The van der Waals surface area contributed by atoms with Gasteiger partial charge < -0.3 is 9.73 Å². The third-order valence-corrected chi connectivity index (χ3v) is 7.43. The van der Waals surface area contributed by atoms with Crippen LogP contribution in [0.5, 0.6) is 0 Å². The Hall–Kier alpha value is -3.80. The van der Waals surface area contributed by atoms with Crippen LogP contribution >= 0.6 is 23.2 Å². The monoisotopic (exact) mass is 544 g/mol. The summed E-state index contributed by atoms with van der Waals surface area (Å²) in [5.41, 5.74) is 4.06. The highest BCUT2D eigenvalue weighted by molar-refractivity contribution is 6.31. The fraction of sp³-hybridized carbons (Fsp3) is 0.161. The maximum atomic E-state index is 14.2. The molecule has 3 aromatic carbocycles. The summed E-state index contributed by atoms with van der Waals surface area (Å²) >= 11 is 12.3. The first kappa shape index (κ1) is 25.8. The number of amides is 1. The van der Waals surface area contributed by atoms with Crippen molar-refractivity contribution < 1.29 is 14.0 Å². The fourth-order valence-electron chi connectivity index (χ4n) is 5.23. The Bertz CT molecular complexity index is 1510. The maximum absolute atomic E-state index is 14.2. The Kier molecular flexibility index (Phi) is 7.15. The van der Waals surface area contributed by atoms with Gasteiger partial charge in [0.2, 0.25) is 0 Å². The number of hydrogen-bond donors (Lipinski definition) is 1. The van der Waals surface area contributed by atoms with Crippen molar-refractivity contribution in [2.45, 2.75) is 32.2 Å². The van der Waals surface area contributed by atoms with Crippen LogP contribution in [0.25, 0.3) is 0 Å². The number of Topliss-reactive ketones (excluding diaryl/α,β-unsaturated/α-hetero) is 1. The number of para-hydroxylation sites is 2. The van der Waals surface area contributed by atoms with Gasteiger partial charge in [-0.25, -0.2) is 0 Å². The van der Waals surface area contributed by atoms with Crippen LogP contribution < -0.4 is 10.2 Å². The van der Waals surface area contributed by atoms with Crippen molar-refractivity contribution in [1.82, 2.24) is 0 Å². The number of hydrogen-bond acceptors (Lipinski definition) is 4. The molecule has 4 aromatic rings. The van der Waals surface area contributed by atoms with Crippen LogP contribution in [-0.2, 0) is 4.79 Å². The van der Waals surface area contributed by atoms with E-state index in [1.165, 1.54) is 0 Å². The number of rotatable bonds is 3. The van der Waals surface area contributed by atoms with E-state index in [2.05, 4.69) is 5.32 Å². The molecule has 1 aliphatic carbocycles. The third-order valence-electron chi connectivity index (χ3n) is 6.93. The van der Waals surface area contributed by atoms with Crippen LogP contribution in [0.2, 0.25) is 10.0 Å². The molecular formula is C31H26Cl2N2O3. The van der Waals surface area contributed by atoms with Gasteiger partial charge in [0.1, 0.15) is 5.76 Å². The lowest BCUT2D eigenvalue weighted by Crippen LogP contribution is -2.38. The predicted molar refractivity (Wildman–Crippen MR) is 152 cm³/mol. The largest absolute Gasteiger partial charge is 0.469 e. The van der Waals surface area contributed by atoms with Gasteiger partial charge in [0.15, 0.2) is 5.78 Å². The summed E-state index contributed by atoms with van der Waals surface area (Å²) in [6.45, 7) is 0. The molecule has 1 aliphatic heterocycles. The van der Waals surface area contributed by atoms with Crippen LogP contribution in [0.3, 0.4) is 0 Å². The second-order valence-electron chi connectivity index (χ2n) is 9.21. The zero-order chi connectivity index (χ0) is 25.5. The highest BCUT2D eigenvalue weighted by Gasteiger charge is 2.42. The van der Waals surface area contributed by atoms with Crippen molar-refractivity contribution in [3.05, 3.63) is 129 Å². The van der Waals surface area contributed by atoms with Gasteiger partial charge in [0.05, 0.1) is 23.7 Å². The van der Waals surface area contributed by atoms with E-state index in [-0.39, 0.29) is 31.5 Å². The molecule has 0 saturated heterocycles. The molecule has 38 heavy (non-hydrogen) atoms. The minimum atomic E-state index is -0.656. The molecule has 0 spiro atoms. The van der Waals surface area contributed by atoms with E-state index in [1.807, 2.05) is 48.5 Å². The highest BCUT2D eigenvalue weighted by atomic mass is 35.5. The Morgan fingerprint density at radius 3 is 2.24 bits per heavy atom. The third kappa shape index (κ3) is 4.64. The molecule has 1 N–H and O–H groups in total. The minimum Gasteiger partial charge on any atom is -0.469 e. The zero-order valence-corrected chi connectivity index (χ0v) is 21.2. The summed E-state index contributed by atoms with van der Waals surface area (Å²) in [6, 6.07) is 24.8. The maximum Gasteiger partial charge on any atom is 0.259 e. The number of halogens is 2. The Morgan fingerprint density at radius 1 is 0.868 bits per heavy atom. The van der Waals surface area contributed by atoms with E-state index in [9.17, 15) is 9.59 Å². The van der Waals surface area contributed by atoms with Crippen LogP contribution in [-0.4, -0.2) is 11.7 Å². The number of anilines is 2. The minimum absolute atomic E-state index is 0. The molecule has 192 valence electrons. The molecule has 2 unspecified atom stereocenters. The van der Waals surface area contributed by atoms with Gasteiger partial charge in [-0.2, -0.15) is 0 Å². The summed E-state index contributed by atoms with van der Waals surface area (Å²) in [4.78, 5) is 29.8. The number of furan rings is 1. The van der Waals surface area contributed by atoms with Crippen LogP contribution in [0.1, 0.15) is 53.9 Å². The summed E-state index contributed by atoms with van der Waals surface area (Å²) in [5.74, 6) is 0.416. The van der Waals surface area contributed by atoms with Crippen molar-refractivity contribution >= 4 is 46.3 Å². The van der Waals surface area contributed by atoms with E-state index in [4.69, 9.17) is 27.6 Å². The average Bonchev–Trinajstić information content (AvgIpc) is 3.40. The molecule has 2 atom stereocenters. The molecule has 0 saturated carbocycles. The molecule has 1 aromatic heterocycles. The smallest absolute Gasteiger partial charge is 0.259 e. The Balaban J connectivity index is 0.00000294. The molecule has 1 amide bonds. The first-order valence-corrected chi connectivity index (χ1v) is 12.8. The summed E-state index contributed by atoms with van der Waals surface area (Å²) in [6.07, 6.45) is 2.50. The van der Waals surface area contributed by atoms with Gasteiger partial charge in [0.25, 0.3) is 5.91 Å². The molecular weight excluding hydrogens is 519 g/mol. The van der Waals surface area contributed by atoms with Gasteiger partial charge in [-0.05, 0) is 72.6 Å². The number of carbonyl (C=O) groups is 2. The number of benzene rings is 3. The topological polar surface area (TPSA) is 62.6 Å². The number of carbonyl (C=O) groups excluding carboxylic acids is 2. The van der Waals surface area contributed by atoms with Crippen molar-refractivity contribution in [3.8, 4) is 0 Å². The van der Waals surface area contributed by atoms with E-state index in [1.54, 1.807) is 47.6 Å². The van der Waals surface area contributed by atoms with E-state index in [0.29, 0.717) is 33.3 Å². The number of fused-ring (bicyclic) bond motifs is 1. The SMILES string of the molecule is C.O=C1CC(c2ccco2)CC2=C1C(c1ccc(Cl)cc1)N(C(=O)c1ccc(Cl)cc1)c1ccccc1N2. The highest BCUT2D eigenvalue weighted by Crippen LogP contribution is 2.48. The van der Waals surface area contributed by atoms with Gasteiger partial charge in [0, 0.05) is 39.2 Å².